The van der Waals surface area contributed by atoms with Crippen molar-refractivity contribution in [3.63, 3.8) is 0 Å². The van der Waals surface area contributed by atoms with Gasteiger partial charge in [-0.05, 0) is 45.8 Å². The van der Waals surface area contributed by atoms with Gasteiger partial charge in [0, 0.05) is 12.6 Å². The van der Waals surface area contributed by atoms with E-state index in [0.717, 1.165) is 32.7 Å². The second-order valence-electron chi connectivity index (χ2n) is 5.93. The SMILES string of the molecule is CCNCC1CCC(COCC2CCCCN2C)O1. The van der Waals surface area contributed by atoms with Crippen LogP contribution in [0.5, 0.6) is 0 Å². The number of rotatable bonds is 7. The van der Waals surface area contributed by atoms with Crippen LogP contribution in [0.4, 0.5) is 0 Å². The molecule has 3 atom stereocenters. The minimum atomic E-state index is 0.317. The van der Waals surface area contributed by atoms with Gasteiger partial charge in [0.25, 0.3) is 0 Å². The molecule has 0 saturated carbocycles. The topological polar surface area (TPSA) is 33.7 Å². The third-order valence-corrected chi connectivity index (χ3v) is 4.35. The zero-order chi connectivity index (χ0) is 13.5. The van der Waals surface area contributed by atoms with Gasteiger partial charge in [-0.15, -0.1) is 0 Å². The number of piperidine rings is 1. The Morgan fingerprint density at radius 3 is 2.79 bits per heavy atom. The monoisotopic (exact) mass is 270 g/mol. The minimum absolute atomic E-state index is 0.317. The van der Waals surface area contributed by atoms with E-state index in [2.05, 4.69) is 24.2 Å². The summed E-state index contributed by atoms with van der Waals surface area (Å²) in [6, 6.07) is 0.618. The quantitative estimate of drug-likeness (QED) is 0.762. The normalized spacial score (nSPS) is 32.8. The van der Waals surface area contributed by atoms with Crippen molar-refractivity contribution in [3.05, 3.63) is 0 Å². The van der Waals surface area contributed by atoms with Gasteiger partial charge in [-0.1, -0.05) is 13.3 Å². The Hall–Kier alpha value is -0.160. The number of likely N-dealkylation sites (N-methyl/N-ethyl adjacent to an activating group) is 2. The first-order valence-corrected chi connectivity index (χ1v) is 7.93. The molecular formula is C15H30N2O2. The summed E-state index contributed by atoms with van der Waals surface area (Å²) in [6.07, 6.45) is 7.00. The molecule has 0 spiro atoms. The maximum absolute atomic E-state index is 5.98. The first-order valence-electron chi connectivity index (χ1n) is 7.93. The van der Waals surface area contributed by atoms with Crippen LogP contribution in [0.25, 0.3) is 0 Å². The third-order valence-electron chi connectivity index (χ3n) is 4.35. The van der Waals surface area contributed by atoms with Gasteiger partial charge in [-0.3, -0.25) is 0 Å². The molecule has 2 rings (SSSR count). The van der Waals surface area contributed by atoms with Crippen molar-refractivity contribution in [3.8, 4) is 0 Å². The second-order valence-corrected chi connectivity index (χ2v) is 5.93. The zero-order valence-electron chi connectivity index (χ0n) is 12.6. The molecule has 2 heterocycles. The van der Waals surface area contributed by atoms with Gasteiger partial charge in [-0.25, -0.2) is 0 Å². The lowest BCUT2D eigenvalue weighted by Gasteiger charge is -2.32. The van der Waals surface area contributed by atoms with E-state index in [0.29, 0.717) is 18.2 Å². The van der Waals surface area contributed by atoms with Gasteiger partial charge in [0.15, 0.2) is 0 Å². The highest BCUT2D eigenvalue weighted by molar-refractivity contribution is 4.77. The molecule has 2 aliphatic rings. The van der Waals surface area contributed by atoms with Gasteiger partial charge < -0.3 is 19.7 Å². The average molecular weight is 270 g/mol. The predicted octanol–water partition coefficient (Wildman–Crippen LogP) is 1.64. The molecule has 0 amide bonds. The van der Waals surface area contributed by atoms with Crippen molar-refractivity contribution in [2.45, 2.75) is 57.3 Å². The molecule has 2 saturated heterocycles. The van der Waals surface area contributed by atoms with Crippen LogP contribution in [0.2, 0.25) is 0 Å². The van der Waals surface area contributed by atoms with Crippen LogP contribution in [0.15, 0.2) is 0 Å². The van der Waals surface area contributed by atoms with Gasteiger partial charge in [0.1, 0.15) is 0 Å². The highest BCUT2D eigenvalue weighted by Gasteiger charge is 2.25. The fourth-order valence-electron chi connectivity index (χ4n) is 3.05. The molecule has 2 fully saturated rings. The summed E-state index contributed by atoms with van der Waals surface area (Å²) in [7, 11) is 2.21. The fourth-order valence-corrected chi connectivity index (χ4v) is 3.05. The van der Waals surface area contributed by atoms with Crippen LogP contribution in [-0.2, 0) is 9.47 Å². The molecule has 0 aromatic heterocycles. The molecule has 0 radical (unpaired) electrons. The van der Waals surface area contributed by atoms with Crippen LogP contribution in [0.1, 0.15) is 39.0 Å². The third kappa shape index (κ3) is 5.03. The first kappa shape index (κ1) is 15.2. The minimum Gasteiger partial charge on any atom is -0.377 e. The number of nitrogens with zero attached hydrogens (tertiary/aromatic N) is 1. The molecule has 4 nitrogen and oxygen atoms in total. The summed E-state index contributed by atoms with van der Waals surface area (Å²) in [5.74, 6) is 0. The molecule has 2 aliphatic heterocycles. The second kappa shape index (κ2) is 8.20. The van der Waals surface area contributed by atoms with E-state index in [4.69, 9.17) is 9.47 Å². The van der Waals surface area contributed by atoms with Crippen molar-refractivity contribution < 1.29 is 9.47 Å². The van der Waals surface area contributed by atoms with E-state index < -0.39 is 0 Å². The zero-order valence-corrected chi connectivity index (χ0v) is 12.6. The Bertz CT molecular complexity index is 250. The molecule has 19 heavy (non-hydrogen) atoms. The molecule has 0 aromatic carbocycles. The summed E-state index contributed by atoms with van der Waals surface area (Å²) >= 11 is 0. The van der Waals surface area contributed by atoms with Gasteiger partial charge >= 0.3 is 0 Å². The van der Waals surface area contributed by atoms with E-state index in [-0.39, 0.29) is 0 Å². The Morgan fingerprint density at radius 2 is 2.00 bits per heavy atom. The number of likely N-dealkylation sites (tertiary alicyclic amines) is 1. The number of hydrogen-bond acceptors (Lipinski definition) is 4. The van der Waals surface area contributed by atoms with Gasteiger partial charge in [0.2, 0.25) is 0 Å². The average Bonchev–Trinajstić information content (AvgIpc) is 2.86. The highest BCUT2D eigenvalue weighted by atomic mass is 16.5. The largest absolute Gasteiger partial charge is 0.377 e. The lowest BCUT2D eigenvalue weighted by molar-refractivity contribution is -0.0299. The molecule has 0 aliphatic carbocycles. The van der Waals surface area contributed by atoms with Crippen molar-refractivity contribution in [1.82, 2.24) is 10.2 Å². The predicted molar refractivity (Wildman–Crippen MR) is 77.5 cm³/mol. The smallest absolute Gasteiger partial charge is 0.0813 e. The van der Waals surface area contributed by atoms with Crippen LogP contribution in [0, 0.1) is 0 Å². The number of ether oxygens (including phenoxy) is 2. The lowest BCUT2D eigenvalue weighted by atomic mass is 10.0. The molecule has 0 aromatic rings. The fraction of sp³-hybridized carbons (Fsp3) is 1.00. The van der Waals surface area contributed by atoms with E-state index in [9.17, 15) is 0 Å². The maximum atomic E-state index is 5.98. The maximum Gasteiger partial charge on any atom is 0.0813 e. The molecule has 112 valence electrons. The lowest BCUT2D eigenvalue weighted by Crippen LogP contribution is -2.40. The first-order chi connectivity index (χ1) is 9.29. The molecular weight excluding hydrogens is 240 g/mol. The molecule has 0 bridgehead atoms. The van der Waals surface area contributed by atoms with E-state index in [1.54, 1.807) is 0 Å². The Kier molecular flexibility index (Phi) is 6.57. The number of hydrogen-bond donors (Lipinski definition) is 1. The summed E-state index contributed by atoms with van der Waals surface area (Å²) in [6.45, 7) is 7.00. The Balaban J connectivity index is 1.56. The van der Waals surface area contributed by atoms with Gasteiger partial charge in [0.05, 0.1) is 25.4 Å². The molecule has 3 unspecified atom stereocenters. The molecule has 1 N–H and O–H groups in total. The summed E-state index contributed by atoms with van der Waals surface area (Å²) < 4.78 is 11.9. The summed E-state index contributed by atoms with van der Waals surface area (Å²) in [4.78, 5) is 2.44. The van der Waals surface area contributed by atoms with E-state index >= 15 is 0 Å². The van der Waals surface area contributed by atoms with Crippen molar-refractivity contribution in [2.24, 2.45) is 0 Å². The van der Waals surface area contributed by atoms with Crippen molar-refractivity contribution in [2.75, 3.05) is 39.9 Å². The van der Waals surface area contributed by atoms with Gasteiger partial charge in [-0.2, -0.15) is 0 Å². The summed E-state index contributed by atoms with van der Waals surface area (Å²) in [5, 5.41) is 3.35. The standard InChI is InChI=1S/C15H30N2O2/c1-3-16-10-14-7-8-15(19-14)12-18-11-13-6-4-5-9-17(13)2/h13-16H,3-12H2,1-2H3. The van der Waals surface area contributed by atoms with Crippen molar-refractivity contribution in [1.29, 1.82) is 0 Å². The van der Waals surface area contributed by atoms with E-state index in [1.165, 1.54) is 32.2 Å². The Morgan fingerprint density at radius 1 is 1.16 bits per heavy atom. The number of nitrogens with one attached hydrogen (secondary N) is 1. The summed E-state index contributed by atoms with van der Waals surface area (Å²) in [5.41, 5.74) is 0. The van der Waals surface area contributed by atoms with Crippen molar-refractivity contribution >= 4 is 0 Å². The van der Waals surface area contributed by atoms with Crippen LogP contribution in [0.3, 0.4) is 0 Å². The molecule has 4 heteroatoms. The van der Waals surface area contributed by atoms with Crippen LogP contribution >= 0.6 is 0 Å². The van der Waals surface area contributed by atoms with Crippen LogP contribution < -0.4 is 5.32 Å². The van der Waals surface area contributed by atoms with E-state index in [1.807, 2.05) is 0 Å². The van der Waals surface area contributed by atoms with Crippen LogP contribution in [-0.4, -0.2) is 63.0 Å². The highest BCUT2D eigenvalue weighted by Crippen LogP contribution is 2.20. The Labute approximate surface area is 117 Å².